The van der Waals surface area contributed by atoms with Crippen molar-refractivity contribution >= 4 is 17.2 Å². The Balaban J connectivity index is 1.51. The topological polar surface area (TPSA) is 46.3 Å². The summed E-state index contributed by atoms with van der Waals surface area (Å²) in [4.78, 5) is 16.7. The van der Waals surface area contributed by atoms with E-state index in [2.05, 4.69) is 89.3 Å². The van der Waals surface area contributed by atoms with Crippen LogP contribution in [0, 0.1) is 0 Å². The lowest BCUT2D eigenvalue weighted by atomic mass is 10.1. The molecule has 0 aliphatic carbocycles. The van der Waals surface area contributed by atoms with Gasteiger partial charge >= 0.3 is 0 Å². The van der Waals surface area contributed by atoms with E-state index in [4.69, 9.17) is 9.97 Å². The Morgan fingerprint density at radius 1 is 0.800 bits per heavy atom. The molecule has 3 aromatic carbocycles. The number of aliphatic imine (C=N–C) groups is 1. The summed E-state index contributed by atoms with van der Waals surface area (Å²) in [5.74, 6) is 0.721. The number of hydrogen-bond acceptors (Lipinski definition) is 4. The molecule has 35 heavy (non-hydrogen) atoms. The molecular formula is C30H29N5. The van der Waals surface area contributed by atoms with E-state index in [1.165, 1.54) is 0 Å². The second kappa shape index (κ2) is 10.5. The zero-order valence-electron chi connectivity index (χ0n) is 20.2. The van der Waals surface area contributed by atoms with Gasteiger partial charge in [0.25, 0.3) is 0 Å². The fourth-order valence-corrected chi connectivity index (χ4v) is 4.12. The van der Waals surface area contributed by atoms with Crippen LogP contribution in [0.1, 0.15) is 12.0 Å². The van der Waals surface area contributed by atoms with Crippen molar-refractivity contribution in [1.82, 2.24) is 19.4 Å². The molecule has 5 heteroatoms. The van der Waals surface area contributed by atoms with Gasteiger partial charge in [0.05, 0.1) is 5.69 Å². The average molecular weight is 460 g/mol. The van der Waals surface area contributed by atoms with Crippen molar-refractivity contribution in [2.45, 2.75) is 6.42 Å². The second-order valence-corrected chi connectivity index (χ2v) is 8.83. The maximum Gasteiger partial charge on any atom is 0.162 e. The Kier molecular flexibility index (Phi) is 6.77. The normalized spacial score (nSPS) is 11.6. The van der Waals surface area contributed by atoms with E-state index in [1.54, 1.807) is 0 Å². The predicted molar refractivity (Wildman–Crippen MR) is 145 cm³/mol. The maximum atomic E-state index is 5.00. The molecule has 5 rings (SSSR count). The van der Waals surface area contributed by atoms with Gasteiger partial charge in [-0.25, -0.2) is 9.97 Å². The summed E-state index contributed by atoms with van der Waals surface area (Å²) in [6.45, 7) is 1.89. The van der Waals surface area contributed by atoms with E-state index in [0.29, 0.717) is 0 Å². The molecule has 0 aliphatic heterocycles. The third-order valence-corrected chi connectivity index (χ3v) is 5.93. The van der Waals surface area contributed by atoms with Gasteiger partial charge in [-0.3, -0.25) is 4.99 Å². The van der Waals surface area contributed by atoms with Gasteiger partial charge in [-0.05, 0) is 50.8 Å². The van der Waals surface area contributed by atoms with Gasteiger partial charge < -0.3 is 9.47 Å². The second-order valence-electron chi connectivity index (χ2n) is 8.83. The molecular weight excluding hydrogens is 430 g/mol. The lowest BCUT2D eigenvalue weighted by Gasteiger charge is -2.10. The number of fused-ring (bicyclic) bond motifs is 1. The Labute approximate surface area is 206 Å². The Bertz CT molecular complexity index is 1420. The summed E-state index contributed by atoms with van der Waals surface area (Å²) < 4.78 is 2.13. The Morgan fingerprint density at radius 3 is 2.17 bits per heavy atom. The number of aromatic nitrogens is 3. The Morgan fingerprint density at radius 2 is 1.49 bits per heavy atom. The van der Waals surface area contributed by atoms with Crippen LogP contribution >= 0.6 is 0 Å². The minimum absolute atomic E-state index is 0.721. The quantitative estimate of drug-likeness (QED) is 0.207. The molecule has 0 unspecified atom stereocenters. The van der Waals surface area contributed by atoms with E-state index in [1.807, 2.05) is 42.6 Å². The molecule has 0 atom stereocenters. The molecule has 0 saturated carbocycles. The number of rotatable bonds is 8. The number of benzene rings is 3. The molecule has 0 N–H and O–H groups in total. The van der Waals surface area contributed by atoms with Crippen LogP contribution in [0.3, 0.4) is 0 Å². The van der Waals surface area contributed by atoms with Crippen LogP contribution in [0.15, 0.2) is 102 Å². The van der Waals surface area contributed by atoms with Gasteiger partial charge in [0.15, 0.2) is 5.82 Å². The summed E-state index contributed by atoms with van der Waals surface area (Å²) in [5.41, 5.74) is 6.06. The average Bonchev–Trinajstić information content (AvgIpc) is 3.33. The highest BCUT2D eigenvalue weighted by Gasteiger charge is 2.15. The summed E-state index contributed by atoms with van der Waals surface area (Å²) in [6, 6.07) is 31.0. The van der Waals surface area contributed by atoms with Crippen LogP contribution in [-0.2, 0) is 0 Å². The van der Waals surface area contributed by atoms with Crippen LogP contribution in [0.25, 0.3) is 39.4 Å². The zero-order valence-corrected chi connectivity index (χ0v) is 20.2. The van der Waals surface area contributed by atoms with Crippen LogP contribution in [0.4, 0.5) is 0 Å². The lowest BCUT2D eigenvalue weighted by molar-refractivity contribution is 0.403. The van der Waals surface area contributed by atoms with Crippen molar-refractivity contribution in [3.05, 3.63) is 103 Å². The molecule has 5 aromatic rings. The summed E-state index contributed by atoms with van der Waals surface area (Å²) >= 11 is 0. The monoisotopic (exact) mass is 459 g/mol. The highest BCUT2D eigenvalue weighted by atomic mass is 15.1. The molecule has 174 valence electrons. The molecule has 0 bridgehead atoms. The standard InChI is InChI=1S/C30H29N5/c1-34(2)20-9-19-31-22-23-14-16-26(17-15-23)35-21-18-27-28(24-10-5-3-6-11-24)32-29(33-30(27)35)25-12-7-4-8-13-25/h3-8,10-18,21-22H,9,19-20H2,1-2H3/b31-22+. The smallest absolute Gasteiger partial charge is 0.162 e. The highest BCUT2D eigenvalue weighted by Crippen LogP contribution is 2.31. The van der Waals surface area contributed by atoms with Gasteiger partial charge in [0, 0.05) is 41.2 Å². The first kappa shape index (κ1) is 22.7. The van der Waals surface area contributed by atoms with Crippen molar-refractivity contribution in [2.75, 3.05) is 27.2 Å². The number of nitrogens with zero attached hydrogens (tertiary/aromatic N) is 5. The molecule has 0 aliphatic rings. The van der Waals surface area contributed by atoms with Crippen LogP contribution in [0.2, 0.25) is 0 Å². The number of hydrogen-bond donors (Lipinski definition) is 0. The minimum Gasteiger partial charge on any atom is -0.309 e. The first-order chi connectivity index (χ1) is 17.2. The van der Waals surface area contributed by atoms with Gasteiger partial charge in [0.2, 0.25) is 0 Å². The van der Waals surface area contributed by atoms with E-state index in [-0.39, 0.29) is 0 Å². The summed E-state index contributed by atoms with van der Waals surface area (Å²) in [7, 11) is 4.17. The van der Waals surface area contributed by atoms with E-state index >= 15 is 0 Å². The Hall–Kier alpha value is -4.09. The van der Waals surface area contributed by atoms with Gasteiger partial charge in [-0.1, -0.05) is 72.8 Å². The molecule has 5 nitrogen and oxygen atoms in total. The van der Waals surface area contributed by atoms with Crippen LogP contribution in [-0.4, -0.2) is 52.8 Å². The molecule has 2 heterocycles. The van der Waals surface area contributed by atoms with Crippen molar-refractivity contribution in [1.29, 1.82) is 0 Å². The zero-order chi connectivity index (χ0) is 24.0. The van der Waals surface area contributed by atoms with Crippen LogP contribution < -0.4 is 0 Å². The molecule has 0 amide bonds. The molecule has 0 fully saturated rings. The van der Waals surface area contributed by atoms with Gasteiger partial charge in [0.1, 0.15) is 5.65 Å². The van der Waals surface area contributed by atoms with Gasteiger partial charge in [-0.2, -0.15) is 0 Å². The minimum atomic E-state index is 0.721. The van der Waals surface area contributed by atoms with E-state index in [0.717, 1.165) is 64.4 Å². The predicted octanol–water partition coefficient (Wildman–Crippen LogP) is 6.13. The largest absolute Gasteiger partial charge is 0.309 e. The van der Waals surface area contributed by atoms with E-state index < -0.39 is 0 Å². The fourth-order valence-electron chi connectivity index (χ4n) is 4.12. The molecule has 0 spiro atoms. The molecule has 2 aromatic heterocycles. The van der Waals surface area contributed by atoms with Crippen molar-refractivity contribution < 1.29 is 0 Å². The molecule has 0 radical (unpaired) electrons. The lowest BCUT2D eigenvalue weighted by Crippen LogP contribution is -2.13. The summed E-state index contributed by atoms with van der Waals surface area (Å²) in [5, 5.41) is 1.03. The first-order valence-corrected chi connectivity index (χ1v) is 11.9. The summed E-state index contributed by atoms with van der Waals surface area (Å²) in [6.07, 6.45) is 5.09. The van der Waals surface area contributed by atoms with Crippen molar-refractivity contribution in [3.8, 4) is 28.3 Å². The van der Waals surface area contributed by atoms with Crippen LogP contribution in [0.5, 0.6) is 0 Å². The third kappa shape index (κ3) is 5.20. The first-order valence-electron chi connectivity index (χ1n) is 11.9. The van der Waals surface area contributed by atoms with Gasteiger partial charge in [-0.15, -0.1) is 0 Å². The van der Waals surface area contributed by atoms with Crippen molar-refractivity contribution in [3.63, 3.8) is 0 Å². The third-order valence-electron chi connectivity index (χ3n) is 5.93. The SMILES string of the molecule is CN(C)CCC/N=C/c1ccc(-n2ccc3c(-c4ccccc4)nc(-c4ccccc4)nc32)cc1. The fraction of sp³-hybridized carbons (Fsp3) is 0.167. The van der Waals surface area contributed by atoms with Crippen molar-refractivity contribution in [2.24, 2.45) is 4.99 Å². The molecule has 0 saturated heterocycles. The maximum absolute atomic E-state index is 5.00. The highest BCUT2D eigenvalue weighted by molar-refractivity contribution is 5.93. The van der Waals surface area contributed by atoms with E-state index in [9.17, 15) is 0 Å².